The van der Waals surface area contributed by atoms with Gasteiger partial charge in [-0.05, 0) is 18.9 Å². The molecule has 0 aromatic carbocycles. The van der Waals surface area contributed by atoms with Gasteiger partial charge in [-0.15, -0.1) is 0 Å². The first kappa shape index (κ1) is 14.6. The number of likely N-dealkylation sites (tertiary alicyclic amines) is 1. The average molecular weight is 387 g/mol. The van der Waals surface area contributed by atoms with Gasteiger partial charge in [0.1, 0.15) is 6.07 Å². The van der Waals surface area contributed by atoms with Gasteiger partial charge in [0.05, 0.1) is 11.9 Å². The summed E-state index contributed by atoms with van der Waals surface area (Å²) < 4.78 is 6.63. The summed E-state index contributed by atoms with van der Waals surface area (Å²) in [6, 6.07) is 4.03. The van der Waals surface area contributed by atoms with Crippen LogP contribution >= 0.6 is 23.0 Å². The maximum Gasteiger partial charge on any atom is 0.419 e. The number of hydrogen-bond donors (Lipinski definition) is 1. The maximum absolute atomic E-state index is 11.4. The molecule has 20 heavy (non-hydrogen) atoms. The number of amides is 1. The second-order valence-corrected chi connectivity index (χ2v) is 4.85. The minimum atomic E-state index is -0.311. The molecule has 0 radical (unpaired) electrons. The number of piperidine rings is 1. The van der Waals surface area contributed by atoms with Crippen LogP contribution in [0.15, 0.2) is 17.3 Å². The van der Waals surface area contributed by atoms with E-state index >= 15 is 0 Å². The lowest BCUT2D eigenvalue weighted by Crippen LogP contribution is -2.38. The predicted octanol–water partition coefficient (Wildman–Crippen LogP) is 2.10. The Morgan fingerprint density at radius 2 is 2.30 bits per heavy atom. The van der Waals surface area contributed by atoms with Crippen LogP contribution in [0.1, 0.15) is 24.4 Å². The summed E-state index contributed by atoms with van der Waals surface area (Å²) in [6.45, 7) is 1.25. The molecule has 2 heterocycles. The van der Waals surface area contributed by atoms with Crippen LogP contribution in [0, 0.1) is 11.3 Å². The molecule has 7 nitrogen and oxygen atoms in total. The van der Waals surface area contributed by atoms with E-state index in [4.69, 9.17) is 11.0 Å². The maximum atomic E-state index is 11.4. The van der Waals surface area contributed by atoms with E-state index in [9.17, 15) is 4.79 Å². The number of rotatable bonds is 2. The number of aromatic nitrogens is 1. The zero-order chi connectivity index (χ0) is 14.5. The van der Waals surface area contributed by atoms with E-state index in [1.54, 1.807) is 34.0 Å². The second-order valence-electron chi connectivity index (χ2n) is 4.41. The van der Waals surface area contributed by atoms with Crippen molar-refractivity contribution in [3.8, 4) is 6.07 Å². The molecule has 106 valence electrons. The van der Waals surface area contributed by atoms with E-state index in [1.807, 2.05) is 10.8 Å². The topological polar surface area (TPSA) is 96.6 Å². The van der Waals surface area contributed by atoms with Gasteiger partial charge in [-0.2, -0.15) is 5.26 Å². The summed E-state index contributed by atoms with van der Waals surface area (Å²) in [7, 11) is 0. The summed E-state index contributed by atoms with van der Waals surface area (Å²) >= 11 is 1.59. The highest BCUT2D eigenvalue weighted by atomic mass is 127. The third-order valence-electron chi connectivity index (χ3n) is 3.39. The average Bonchev–Trinajstić information content (AvgIpc) is 2.90. The molecule has 1 aromatic rings. The van der Waals surface area contributed by atoms with Crippen LogP contribution in [0.4, 0.5) is 10.6 Å². The monoisotopic (exact) mass is 387 g/mol. The quantitative estimate of drug-likeness (QED) is 0.478. The largest absolute Gasteiger partial charge is 0.419 e. The summed E-state index contributed by atoms with van der Waals surface area (Å²) in [4.78, 5) is 17.2. The van der Waals surface area contributed by atoms with Gasteiger partial charge in [-0.25, -0.2) is 9.79 Å². The van der Waals surface area contributed by atoms with E-state index in [-0.39, 0.29) is 12.1 Å². The standard InChI is InChI=1S/C12H14IN5O2/c13-20-12(19)17-4-2-10(3-5-17)18-6-1-9(7-14)11(18)16-8-15/h1,6,8,10H,2-5H2,(H2,15,16). The minimum absolute atomic E-state index is 0.203. The number of carbonyl (C=O) groups is 1. The first-order valence-corrected chi connectivity index (χ1v) is 7.02. The first-order chi connectivity index (χ1) is 9.71. The van der Waals surface area contributed by atoms with Gasteiger partial charge in [-0.1, -0.05) is 0 Å². The number of halogens is 1. The van der Waals surface area contributed by atoms with E-state index in [0.717, 1.165) is 12.8 Å². The van der Waals surface area contributed by atoms with Gasteiger partial charge < -0.3 is 18.3 Å². The van der Waals surface area contributed by atoms with E-state index in [0.29, 0.717) is 24.5 Å². The molecule has 2 rings (SSSR count). The normalized spacial score (nSPS) is 16.3. The summed E-state index contributed by atoms with van der Waals surface area (Å²) in [5.41, 5.74) is 5.84. The van der Waals surface area contributed by atoms with Crippen molar-refractivity contribution < 1.29 is 7.86 Å². The van der Waals surface area contributed by atoms with Crippen molar-refractivity contribution >= 4 is 41.3 Å². The summed E-state index contributed by atoms with van der Waals surface area (Å²) in [6.07, 6.45) is 4.30. The van der Waals surface area contributed by atoms with Crippen molar-refractivity contribution in [2.75, 3.05) is 13.1 Å². The number of carbonyl (C=O) groups excluding carboxylic acids is 1. The molecule has 8 heteroatoms. The van der Waals surface area contributed by atoms with Crippen molar-refractivity contribution in [2.24, 2.45) is 10.7 Å². The fourth-order valence-corrected chi connectivity index (χ4v) is 2.68. The van der Waals surface area contributed by atoms with Crippen LogP contribution in [0.3, 0.4) is 0 Å². The lowest BCUT2D eigenvalue weighted by Gasteiger charge is -2.31. The Kier molecular flexibility index (Phi) is 4.84. The number of hydrogen-bond acceptors (Lipinski definition) is 4. The van der Waals surface area contributed by atoms with Crippen LogP contribution in [0.2, 0.25) is 0 Å². The fraction of sp³-hybridized carbons (Fsp3) is 0.417. The molecule has 1 aliphatic rings. The molecule has 1 fully saturated rings. The van der Waals surface area contributed by atoms with E-state index in [1.165, 1.54) is 6.34 Å². The van der Waals surface area contributed by atoms with Crippen molar-refractivity contribution in [1.29, 1.82) is 5.26 Å². The van der Waals surface area contributed by atoms with Crippen molar-refractivity contribution in [3.05, 3.63) is 17.8 Å². The predicted molar refractivity (Wildman–Crippen MR) is 81.8 cm³/mol. The minimum Gasteiger partial charge on any atom is -0.390 e. The van der Waals surface area contributed by atoms with Crippen molar-refractivity contribution in [3.63, 3.8) is 0 Å². The summed E-state index contributed by atoms with van der Waals surface area (Å²) in [5.74, 6) is 0.574. The molecule has 2 N–H and O–H groups in total. The van der Waals surface area contributed by atoms with Gasteiger partial charge in [0, 0.05) is 25.3 Å². The third kappa shape index (κ3) is 2.87. The molecule has 0 saturated carbocycles. The highest BCUT2D eigenvalue weighted by Gasteiger charge is 2.26. The molecule has 0 aliphatic carbocycles. The molecular formula is C12H14IN5O2. The lowest BCUT2D eigenvalue weighted by molar-refractivity contribution is 0.145. The van der Waals surface area contributed by atoms with Gasteiger partial charge in [0.15, 0.2) is 28.8 Å². The van der Waals surface area contributed by atoms with Crippen molar-refractivity contribution in [1.82, 2.24) is 9.47 Å². The van der Waals surface area contributed by atoms with Gasteiger partial charge in [0.2, 0.25) is 0 Å². The SMILES string of the molecule is N#Cc1ccn(C2CCN(C(=O)OI)CC2)c1/N=C/N. The van der Waals surface area contributed by atoms with Crippen molar-refractivity contribution in [2.45, 2.75) is 18.9 Å². The summed E-state index contributed by atoms with van der Waals surface area (Å²) in [5, 5.41) is 9.06. The van der Waals surface area contributed by atoms with E-state index < -0.39 is 0 Å². The lowest BCUT2D eigenvalue weighted by atomic mass is 10.1. The molecular weight excluding hydrogens is 373 g/mol. The highest BCUT2D eigenvalue weighted by Crippen LogP contribution is 2.30. The molecule has 0 unspecified atom stereocenters. The van der Waals surface area contributed by atoms with Crippen LogP contribution in [0.5, 0.6) is 0 Å². The first-order valence-electron chi connectivity index (χ1n) is 6.14. The molecule has 0 spiro atoms. The molecule has 1 amide bonds. The Labute approximate surface area is 130 Å². The third-order valence-corrected chi connectivity index (χ3v) is 3.76. The van der Waals surface area contributed by atoms with Gasteiger partial charge in [0.25, 0.3) is 0 Å². The molecule has 0 bridgehead atoms. The molecule has 0 atom stereocenters. The number of nitrogens with two attached hydrogens (primary N) is 1. The number of nitrogens with zero attached hydrogens (tertiary/aromatic N) is 4. The van der Waals surface area contributed by atoms with E-state index in [2.05, 4.69) is 14.1 Å². The number of nitriles is 1. The van der Waals surface area contributed by atoms with Crippen LogP contribution in [0.25, 0.3) is 0 Å². The zero-order valence-corrected chi connectivity index (χ0v) is 12.9. The fourth-order valence-electron chi connectivity index (χ4n) is 2.40. The Morgan fingerprint density at radius 3 is 2.85 bits per heavy atom. The molecule has 1 saturated heterocycles. The molecule has 1 aromatic heterocycles. The van der Waals surface area contributed by atoms with Crippen LogP contribution in [-0.2, 0) is 3.07 Å². The van der Waals surface area contributed by atoms with Gasteiger partial charge >= 0.3 is 6.09 Å². The zero-order valence-electron chi connectivity index (χ0n) is 10.7. The molecule has 1 aliphatic heterocycles. The second kappa shape index (κ2) is 6.60. The Morgan fingerprint density at radius 1 is 1.60 bits per heavy atom. The Hall–Kier alpha value is -1.76. The highest BCUT2D eigenvalue weighted by molar-refractivity contribution is 14.1. The smallest absolute Gasteiger partial charge is 0.390 e. The Balaban J connectivity index is 2.13. The van der Waals surface area contributed by atoms with Crippen LogP contribution in [-0.4, -0.2) is 35.0 Å². The number of aliphatic imine (C=N–C) groups is 1. The Bertz CT molecular complexity index is 555. The van der Waals surface area contributed by atoms with Crippen LogP contribution < -0.4 is 5.73 Å². The van der Waals surface area contributed by atoms with Gasteiger partial charge in [-0.3, -0.25) is 0 Å².